The number of nitrogens with one attached hydrogen (secondary N) is 1. The first-order valence-electron chi connectivity index (χ1n) is 8.27. The SMILES string of the molecule is CN(C)c1ccc(C#CCNC(=O)CCC(=O)c2ccc(Cl)cc2)cc1. The van der Waals surface area contributed by atoms with Gasteiger partial charge in [-0.2, -0.15) is 0 Å². The van der Waals surface area contributed by atoms with Crippen LogP contribution in [-0.4, -0.2) is 32.3 Å². The topological polar surface area (TPSA) is 49.4 Å². The number of ketones is 1. The molecular formula is C21H21ClN2O2. The minimum absolute atomic E-state index is 0.0797. The van der Waals surface area contributed by atoms with E-state index < -0.39 is 0 Å². The number of carbonyl (C=O) groups excluding carboxylic acids is 2. The highest BCUT2D eigenvalue weighted by atomic mass is 35.5. The summed E-state index contributed by atoms with van der Waals surface area (Å²) in [5, 5.41) is 3.28. The summed E-state index contributed by atoms with van der Waals surface area (Å²) in [5.74, 6) is 5.64. The van der Waals surface area contributed by atoms with Gasteiger partial charge in [0.25, 0.3) is 0 Å². The third kappa shape index (κ3) is 6.27. The number of hydrogen-bond donors (Lipinski definition) is 1. The predicted octanol–water partition coefficient (Wildman–Crippen LogP) is 3.54. The zero-order valence-electron chi connectivity index (χ0n) is 14.9. The Morgan fingerprint density at radius 3 is 2.27 bits per heavy atom. The van der Waals surface area contributed by atoms with Crippen LogP contribution in [0.1, 0.15) is 28.8 Å². The Labute approximate surface area is 159 Å². The minimum Gasteiger partial charge on any atom is -0.378 e. The van der Waals surface area contributed by atoms with Gasteiger partial charge < -0.3 is 10.2 Å². The number of benzene rings is 2. The number of rotatable bonds is 6. The quantitative estimate of drug-likeness (QED) is 0.626. The predicted molar refractivity (Wildman–Crippen MR) is 106 cm³/mol. The van der Waals surface area contributed by atoms with Crippen LogP contribution in [0.5, 0.6) is 0 Å². The van der Waals surface area contributed by atoms with E-state index in [1.807, 2.05) is 43.3 Å². The number of amides is 1. The molecule has 0 aliphatic carbocycles. The van der Waals surface area contributed by atoms with Crippen molar-refractivity contribution in [1.82, 2.24) is 5.32 Å². The zero-order chi connectivity index (χ0) is 18.9. The van der Waals surface area contributed by atoms with Gasteiger partial charge in [-0.25, -0.2) is 0 Å². The van der Waals surface area contributed by atoms with Gasteiger partial charge in [0, 0.05) is 48.8 Å². The van der Waals surface area contributed by atoms with E-state index in [-0.39, 0.29) is 31.1 Å². The molecular weight excluding hydrogens is 348 g/mol. The molecule has 0 fully saturated rings. The van der Waals surface area contributed by atoms with Gasteiger partial charge in [0.15, 0.2) is 5.78 Å². The lowest BCUT2D eigenvalue weighted by molar-refractivity contribution is -0.120. The molecule has 0 radical (unpaired) electrons. The van der Waals surface area contributed by atoms with Crippen molar-refractivity contribution in [3.05, 3.63) is 64.7 Å². The van der Waals surface area contributed by atoms with Gasteiger partial charge in [-0.05, 0) is 48.5 Å². The second-order valence-electron chi connectivity index (χ2n) is 5.95. The number of nitrogens with zero attached hydrogens (tertiary/aromatic N) is 1. The molecule has 0 heterocycles. The summed E-state index contributed by atoms with van der Waals surface area (Å²) in [6.07, 6.45) is 0.299. The Kier molecular flexibility index (Phi) is 7.25. The van der Waals surface area contributed by atoms with Crippen molar-refractivity contribution >= 4 is 29.0 Å². The van der Waals surface area contributed by atoms with Gasteiger partial charge in [-0.3, -0.25) is 9.59 Å². The fourth-order valence-corrected chi connectivity index (χ4v) is 2.35. The van der Waals surface area contributed by atoms with Crippen LogP contribution < -0.4 is 10.2 Å². The summed E-state index contributed by atoms with van der Waals surface area (Å²) in [4.78, 5) is 25.8. The molecule has 0 bridgehead atoms. The van der Waals surface area contributed by atoms with Crippen LogP contribution in [0.25, 0.3) is 0 Å². The van der Waals surface area contributed by atoms with E-state index >= 15 is 0 Å². The van der Waals surface area contributed by atoms with Gasteiger partial charge in [0.1, 0.15) is 0 Å². The summed E-state index contributed by atoms with van der Waals surface area (Å²) in [6, 6.07) is 14.5. The van der Waals surface area contributed by atoms with Crippen molar-refractivity contribution in [1.29, 1.82) is 0 Å². The molecule has 0 unspecified atom stereocenters. The number of Topliss-reactive ketones (excluding diaryl/α,β-unsaturated/α-hetero) is 1. The highest BCUT2D eigenvalue weighted by Crippen LogP contribution is 2.12. The maximum atomic E-state index is 12.0. The van der Waals surface area contributed by atoms with Crippen LogP contribution in [0.15, 0.2) is 48.5 Å². The lowest BCUT2D eigenvalue weighted by Crippen LogP contribution is -2.24. The first-order valence-corrected chi connectivity index (χ1v) is 8.65. The van der Waals surface area contributed by atoms with Crippen LogP contribution >= 0.6 is 11.6 Å². The summed E-state index contributed by atoms with van der Waals surface area (Å²) < 4.78 is 0. The molecule has 5 heteroatoms. The molecule has 0 aliphatic rings. The molecule has 0 atom stereocenters. The van der Waals surface area contributed by atoms with Crippen LogP contribution in [0.3, 0.4) is 0 Å². The standard InChI is InChI=1S/C21H21ClN2O2/c1-24(2)19-11-5-16(6-12-19)4-3-15-23-21(26)14-13-20(25)17-7-9-18(22)10-8-17/h5-12H,13-15H2,1-2H3,(H,23,26). The number of hydrogen-bond acceptors (Lipinski definition) is 3. The molecule has 1 N–H and O–H groups in total. The molecule has 134 valence electrons. The van der Waals surface area contributed by atoms with E-state index in [4.69, 9.17) is 11.6 Å². The molecule has 1 amide bonds. The normalized spacial score (nSPS) is 9.81. The molecule has 2 aromatic rings. The van der Waals surface area contributed by atoms with Gasteiger partial charge in [-0.15, -0.1) is 0 Å². The summed E-state index contributed by atoms with van der Waals surface area (Å²) in [6.45, 7) is 0.253. The average Bonchev–Trinajstić information content (AvgIpc) is 2.64. The second kappa shape index (κ2) is 9.65. The van der Waals surface area contributed by atoms with Crippen molar-refractivity contribution < 1.29 is 9.59 Å². The van der Waals surface area contributed by atoms with E-state index in [0.29, 0.717) is 10.6 Å². The largest absolute Gasteiger partial charge is 0.378 e. The van der Waals surface area contributed by atoms with E-state index in [1.54, 1.807) is 24.3 Å². The molecule has 2 rings (SSSR count). The molecule has 4 nitrogen and oxygen atoms in total. The zero-order valence-corrected chi connectivity index (χ0v) is 15.6. The molecule has 0 saturated heterocycles. The molecule has 26 heavy (non-hydrogen) atoms. The minimum atomic E-state index is -0.190. The third-order valence-electron chi connectivity index (χ3n) is 3.74. The summed E-state index contributed by atoms with van der Waals surface area (Å²) in [5.41, 5.74) is 2.56. The molecule has 2 aromatic carbocycles. The first kappa shape index (κ1) is 19.6. The van der Waals surface area contributed by atoms with Gasteiger partial charge in [-0.1, -0.05) is 23.4 Å². The first-order chi connectivity index (χ1) is 12.5. The molecule has 0 aromatic heterocycles. The van der Waals surface area contributed by atoms with Crippen LogP contribution in [0.4, 0.5) is 5.69 Å². The summed E-state index contributed by atoms with van der Waals surface area (Å²) >= 11 is 5.79. The average molecular weight is 369 g/mol. The highest BCUT2D eigenvalue weighted by Gasteiger charge is 2.08. The Balaban J connectivity index is 1.73. The lowest BCUT2D eigenvalue weighted by atomic mass is 10.1. The second-order valence-corrected chi connectivity index (χ2v) is 6.39. The lowest BCUT2D eigenvalue weighted by Gasteiger charge is -2.11. The Bertz CT molecular complexity index is 816. The third-order valence-corrected chi connectivity index (χ3v) is 3.99. The Hall–Kier alpha value is -2.77. The van der Waals surface area contributed by atoms with Crippen molar-refractivity contribution in [2.24, 2.45) is 0 Å². The van der Waals surface area contributed by atoms with Crippen molar-refractivity contribution in [2.45, 2.75) is 12.8 Å². The Morgan fingerprint density at radius 2 is 1.65 bits per heavy atom. The van der Waals surface area contributed by atoms with Crippen LogP contribution in [0, 0.1) is 11.8 Å². The molecule has 0 aliphatic heterocycles. The number of halogens is 1. The summed E-state index contributed by atoms with van der Waals surface area (Å²) in [7, 11) is 3.96. The van der Waals surface area contributed by atoms with Gasteiger partial charge in [0.05, 0.1) is 6.54 Å². The van der Waals surface area contributed by atoms with Crippen molar-refractivity contribution in [2.75, 3.05) is 25.5 Å². The maximum absolute atomic E-state index is 12.0. The van der Waals surface area contributed by atoms with Crippen molar-refractivity contribution in [3.63, 3.8) is 0 Å². The van der Waals surface area contributed by atoms with E-state index in [0.717, 1.165) is 11.3 Å². The van der Waals surface area contributed by atoms with E-state index in [1.165, 1.54) is 0 Å². The highest BCUT2D eigenvalue weighted by molar-refractivity contribution is 6.30. The van der Waals surface area contributed by atoms with Crippen LogP contribution in [-0.2, 0) is 4.79 Å². The molecule has 0 saturated carbocycles. The van der Waals surface area contributed by atoms with E-state index in [2.05, 4.69) is 17.2 Å². The Morgan fingerprint density at radius 1 is 1.00 bits per heavy atom. The number of carbonyl (C=O) groups is 2. The monoisotopic (exact) mass is 368 g/mol. The van der Waals surface area contributed by atoms with Crippen LogP contribution in [0.2, 0.25) is 5.02 Å². The fraction of sp³-hybridized carbons (Fsp3) is 0.238. The maximum Gasteiger partial charge on any atom is 0.221 e. The fourth-order valence-electron chi connectivity index (χ4n) is 2.23. The van der Waals surface area contributed by atoms with Gasteiger partial charge >= 0.3 is 0 Å². The smallest absolute Gasteiger partial charge is 0.221 e. The van der Waals surface area contributed by atoms with Gasteiger partial charge in [0.2, 0.25) is 5.91 Å². The van der Waals surface area contributed by atoms with Crippen molar-refractivity contribution in [3.8, 4) is 11.8 Å². The molecule has 0 spiro atoms. The number of anilines is 1. The van der Waals surface area contributed by atoms with E-state index in [9.17, 15) is 9.59 Å².